The molecule has 5 nitrogen and oxygen atoms in total. The number of anilines is 2. The molecule has 1 heterocycles. The summed E-state index contributed by atoms with van der Waals surface area (Å²) < 4.78 is 39.8. The molecule has 136 valence electrons. The third-order valence-electron chi connectivity index (χ3n) is 4.07. The van der Waals surface area contributed by atoms with E-state index in [9.17, 15) is 18.0 Å². The zero-order valence-electron chi connectivity index (χ0n) is 14.0. The number of carbonyl (C=O) groups excluding carboxylic acids is 1. The van der Waals surface area contributed by atoms with Crippen molar-refractivity contribution in [1.82, 2.24) is 5.32 Å². The third-order valence-corrected chi connectivity index (χ3v) is 4.07. The Morgan fingerprint density at radius 1 is 1.15 bits per heavy atom. The van der Waals surface area contributed by atoms with E-state index >= 15 is 0 Å². The molecule has 0 bridgehead atoms. The highest BCUT2D eigenvalue weighted by molar-refractivity contribution is 6.01. The van der Waals surface area contributed by atoms with E-state index in [1.165, 1.54) is 5.56 Å². The van der Waals surface area contributed by atoms with Crippen LogP contribution in [0.5, 0.6) is 0 Å². The van der Waals surface area contributed by atoms with Gasteiger partial charge in [0.2, 0.25) is 5.91 Å². The molecule has 0 aromatic heterocycles. The molecule has 2 N–H and O–H groups in total. The summed E-state index contributed by atoms with van der Waals surface area (Å²) in [6.07, 6.45) is 0.864. The second-order valence-corrected chi connectivity index (χ2v) is 5.70. The van der Waals surface area contributed by atoms with E-state index in [1.54, 1.807) is 7.05 Å². The summed E-state index contributed by atoms with van der Waals surface area (Å²) in [7, 11) is 1.59. The first-order chi connectivity index (χ1) is 12.5. The fraction of sp³-hybridized carbons (Fsp3) is 0.222. The number of nitrogens with one attached hydrogen (secondary N) is 2. The number of benzene rings is 2. The molecule has 0 aliphatic carbocycles. The van der Waals surface area contributed by atoms with Crippen molar-refractivity contribution in [3.63, 3.8) is 0 Å². The fourth-order valence-electron chi connectivity index (χ4n) is 2.83. The van der Waals surface area contributed by atoms with Crippen LogP contribution in [0.2, 0.25) is 0 Å². The number of guanidine groups is 1. The highest BCUT2D eigenvalue weighted by atomic mass is 19.2. The van der Waals surface area contributed by atoms with E-state index in [-0.39, 0.29) is 6.54 Å². The standard InChI is InChI=1S/C18H17F3N4O/c1-22-18(25-9-8-11-4-2-3-5-14(11)25)23-10-15(26)24-13-7-6-12(19)16(20)17(13)21/h2-7H,8-10H2,1H3,(H,22,23)(H,24,26). The molecule has 0 spiro atoms. The lowest BCUT2D eigenvalue weighted by atomic mass is 10.2. The Bertz CT molecular complexity index is 870. The molecule has 0 unspecified atom stereocenters. The van der Waals surface area contributed by atoms with E-state index in [2.05, 4.69) is 15.6 Å². The molecule has 26 heavy (non-hydrogen) atoms. The maximum Gasteiger partial charge on any atom is 0.243 e. The minimum Gasteiger partial charge on any atom is -0.347 e. The van der Waals surface area contributed by atoms with Crippen LogP contribution in [0.25, 0.3) is 0 Å². The number of hydrogen-bond donors (Lipinski definition) is 2. The summed E-state index contributed by atoms with van der Waals surface area (Å²) in [5, 5.41) is 5.10. The number of aliphatic imine (C=N–C) groups is 1. The molecule has 0 fully saturated rings. The molecule has 3 rings (SSSR count). The molecule has 0 atom stereocenters. The highest BCUT2D eigenvalue weighted by Gasteiger charge is 2.23. The predicted molar refractivity (Wildman–Crippen MR) is 93.8 cm³/mol. The van der Waals surface area contributed by atoms with E-state index in [0.29, 0.717) is 5.96 Å². The minimum absolute atomic E-state index is 0.205. The number of fused-ring (bicyclic) bond motifs is 1. The third kappa shape index (κ3) is 3.49. The van der Waals surface area contributed by atoms with Gasteiger partial charge in [0.15, 0.2) is 23.4 Å². The normalized spacial score (nSPS) is 13.5. The number of nitrogens with zero attached hydrogens (tertiary/aromatic N) is 2. The average Bonchev–Trinajstić information content (AvgIpc) is 3.07. The Morgan fingerprint density at radius 2 is 1.92 bits per heavy atom. The lowest BCUT2D eigenvalue weighted by molar-refractivity contribution is -0.115. The van der Waals surface area contributed by atoms with Crippen molar-refractivity contribution < 1.29 is 18.0 Å². The first-order valence-corrected chi connectivity index (χ1v) is 8.00. The molecule has 0 saturated carbocycles. The van der Waals surface area contributed by atoms with Gasteiger partial charge in [0, 0.05) is 19.3 Å². The van der Waals surface area contributed by atoms with Crippen LogP contribution < -0.4 is 15.5 Å². The minimum atomic E-state index is -1.62. The number of carbonyl (C=O) groups is 1. The topological polar surface area (TPSA) is 56.7 Å². The first kappa shape index (κ1) is 17.8. The molecule has 1 aliphatic heterocycles. The molecule has 1 amide bonds. The van der Waals surface area contributed by atoms with Crippen LogP contribution in [0.3, 0.4) is 0 Å². The van der Waals surface area contributed by atoms with Crippen LogP contribution in [-0.4, -0.2) is 32.0 Å². The Morgan fingerprint density at radius 3 is 2.69 bits per heavy atom. The SMILES string of the molecule is CN=C(NCC(=O)Nc1ccc(F)c(F)c1F)N1CCc2ccccc21. The maximum absolute atomic E-state index is 13.6. The summed E-state index contributed by atoms with van der Waals surface area (Å²) >= 11 is 0. The molecular weight excluding hydrogens is 345 g/mol. The summed E-state index contributed by atoms with van der Waals surface area (Å²) in [5.41, 5.74) is 1.77. The summed E-state index contributed by atoms with van der Waals surface area (Å²) in [6, 6.07) is 9.59. The smallest absolute Gasteiger partial charge is 0.243 e. The van der Waals surface area contributed by atoms with Gasteiger partial charge in [0.05, 0.1) is 12.2 Å². The predicted octanol–water partition coefficient (Wildman–Crippen LogP) is 2.68. The van der Waals surface area contributed by atoms with E-state index < -0.39 is 29.0 Å². The zero-order valence-corrected chi connectivity index (χ0v) is 14.0. The van der Waals surface area contributed by atoms with Crippen molar-refractivity contribution in [2.45, 2.75) is 6.42 Å². The molecule has 2 aromatic carbocycles. The molecule has 0 saturated heterocycles. The van der Waals surface area contributed by atoms with Gasteiger partial charge in [-0.2, -0.15) is 0 Å². The van der Waals surface area contributed by atoms with Gasteiger partial charge >= 0.3 is 0 Å². The zero-order chi connectivity index (χ0) is 18.7. The summed E-state index contributed by atoms with van der Waals surface area (Å²) in [4.78, 5) is 18.1. The number of hydrogen-bond acceptors (Lipinski definition) is 2. The van der Waals surface area contributed by atoms with Crippen LogP contribution in [0.4, 0.5) is 24.5 Å². The van der Waals surface area contributed by atoms with Gasteiger partial charge in [0.1, 0.15) is 0 Å². The monoisotopic (exact) mass is 362 g/mol. The summed E-state index contributed by atoms with van der Waals surface area (Å²) in [5.74, 6) is -4.48. The number of para-hydroxylation sites is 1. The quantitative estimate of drug-likeness (QED) is 0.501. The highest BCUT2D eigenvalue weighted by Crippen LogP contribution is 2.27. The molecule has 2 aromatic rings. The summed E-state index contributed by atoms with van der Waals surface area (Å²) in [6.45, 7) is 0.516. The van der Waals surface area contributed by atoms with E-state index in [0.717, 1.165) is 30.8 Å². The van der Waals surface area contributed by atoms with Crippen molar-refractivity contribution in [3.8, 4) is 0 Å². The lowest BCUT2D eigenvalue weighted by Gasteiger charge is -2.22. The first-order valence-electron chi connectivity index (χ1n) is 8.00. The van der Waals surface area contributed by atoms with Gasteiger partial charge in [-0.1, -0.05) is 18.2 Å². The van der Waals surface area contributed by atoms with Crippen LogP contribution in [-0.2, 0) is 11.2 Å². The van der Waals surface area contributed by atoms with Gasteiger partial charge in [-0.25, -0.2) is 13.2 Å². The molecule has 0 radical (unpaired) electrons. The van der Waals surface area contributed by atoms with Crippen molar-refractivity contribution in [1.29, 1.82) is 0 Å². The largest absolute Gasteiger partial charge is 0.347 e. The number of halogens is 3. The van der Waals surface area contributed by atoms with Crippen LogP contribution >= 0.6 is 0 Å². The maximum atomic E-state index is 13.6. The number of rotatable bonds is 3. The van der Waals surface area contributed by atoms with Gasteiger partial charge in [-0.05, 0) is 30.2 Å². The fourth-order valence-corrected chi connectivity index (χ4v) is 2.83. The average molecular weight is 362 g/mol. The van der Waals surface area contributed by atoms with Crippen LogP contribution in [0.1, 0.15) is 5.56 Å². The van der Waals surface area contributed by atoms with Gasteiger partial charge in [-0.3, -0.25) is 9.79 Å². The molecular formula is C18H17F3N4O. The number of amides is 1. The van der Waals surface area contributed by atoms with E-state index in [1.807, 2.05) is 29.2 Å². The van der Waals surface area contributed by atoms with Gasteiger partial charge in [0.25, 0.3) is 0 Å². The lowest BCUT2D eigenvalue weighted by Crippen LogP contribution is -2.43. The van der Waals surface area contributed by atoms with Gasteiger partial charge in [-0.15, -0.1) is 0 Å². The Hall–Kier alpha value is -3.03. The van der Waals surface area contributed by atoms with Crippen molar-refractivity contribution in [2.24, 2.45) is 4.99 Å². The van der Waals surface area contributed by atoms with Crippen molar-refractivity contribution in [2.75, 3.05) is 30.4 Å². The van der Waals surface area contributed by atoms with Crippen LogP contribution in [0, 0.1) is 17.5 Å². The second kappa shape index (κ2) is 7.47. The van der Waals surface area contributed by atoms with Crippen molar-refractivity contribution in [3.05, 3.63) is 59.4 Å². The van der Waals surface area contributed by atoms with E-state index in [4.69, 9.17) is 0 Å². The Kier molecular flexibility index (Phi) is 5.11. The molecule has 1 aliphatic rings. The van der Waals surface area contributed by atoms with Crippen molar-refractivity contribution >= 4 is 23.2 Å². The second-order valence-electron chi connectivity index (χ2n) is 5.70. The van der Waals surface area contributed by atoms with Gasteiger partial charge < -0.3 is 15.5 Å². The molecule has 8 heteroatoms. The van der Waals surface area contributed by atoms with Crippen LogP contribution in [0.15, 0.2) is 41.4 Å². The Balaban J connectivity index is 1.63. The Labute approximate surface area is 148 Å².